The Morgan fingerprint density at radius 3 is 2.23 bits per heavy atom. The number of carbonyl (C=O) groups excluding carboxylic acids is 2. The third kappa shape index (κ3) is 4.11. The van der Waals surface area contributed by atoms with Crippen molar-refractivity contribution in [3.63, 3.8) is 0 Å². The molecule has 1 aliphatic rings. The Morgan fingerprint density at radius 2 is 1.68 bits per heavy atom. The van der Waals surface area contributed by atoms with Gasteiger partial charge in [0.25, 0.3) is 5.91 Å². The van der Waals surface area contributed by atoms with Crippen LogP contribution in [0, 0.1) is 0 Å². The molecule has 0 radical (unpaired) electrons. The Hall–Kier alpha value is -3.02. The van der Waals surface area contributed by atoms with Crippen LogP contribution in [0.15, 0.2) is 53.4 Å². The molecule has 1 aliphatic heterocycles. The van der Waals surface area contributed by atoms with Gasteiger partial charge in [-0.2, -0.15) is 22.0 Å². The molecule has 1 atom stereocenters. The normalized spacial score (nSPS) is 19.8. The molecule has 6 nitrogen and oxygen atoms in total. The van der Waals surface area contributed by atoms with Gasteiger partial charge in [-0.3, -0.25) is 9.69 Å². The topological polar surface area (TPSA) is 83.6 Å². The number of benzene rings is 2. The highest BCUT2D eigenvalue weighted by molar-refractivity contribution is 7.91. The molecule has 2 aromatic carbocycles. The molecule has 12 heteroatoms. The molecule has 1 N–H and O–H groups in total. The van der Waals surface area contributed by atoms with E-state index in [1.165, 1.54) is 13.0 Å². The molecule has 2 aromatic rings. The summed E-state index contributed by atoms with van der Waals surface area (Å²) in [6, 6.07) is 7.30. The molecule has 31 heavy (non-hydrogen) atoms. The van der Waals surface area contributed by atoms with Crippen molar-refractivity contribution in [3.05, 3.63) is 65.2 Å². The molecule has 1 unspecified atom stereocenters. The summed E-state index contributed by atoms with van der Waals surface area (Å²) in [6.45, 7) is 0.926. The lowest BCUT2D eigenvalue weighted by molar-refractivity contribution is -0.138. The quantitative estimate of drug-likeness (QED) is 0.543. The minimum atomic E-state index is -4.80. The van der Waals surface area contributed by atoms with Crippen LogP contribution in [-0.4, -0.2) is 31.0 Å². The number of amides is 3. The smallest absolute Gasteiger partial charge is 0.319 e. The lowest BCUT2D eigenvalue weighted by Crippen LogP contribution is -2.41. The zero-order valence-electron chi connectivity index (χ0n) is 15.8. The first-order valence-electron chi connectivity index (χ1n) is 8.69. The van der Waals surface area contributed by atoms with Crippen molar-refractivity contribution in [1.82, 2.24) is 10.2 Å². The summed E-state index contributed by atoms with van der Waals surface area (Å²) >= 11 is 0. The Balaban J connectivity index is 1.86. The summed E-state index contributed by atoms with van der Waals surface area (Å²) in [5, 5.41) is 2.37. The van der Waals surface area contributed by atoms with Gasteiger partial charge in [0.05, 0.1) is 17.0 Å². The number of urea groups is 1. The van der Waals surface area contributed by atoms with Crippen LogP contribution >= 0.6 is 0 Å². The molecule has 3 rings (SSSR count). The first-order valence-corrected chi connectivity index (χ1v) is 10.2. The molecule has 1 saturated heterocycles. The number of nitrogens with zero attached hydrogens (tertiary/aromatic N) is 1. The lowest BCUT2D eigenvalue weighted by atomic mass is 9.90. The molecule has 0 bridgehead atoms. The second-order valence-corrected chi connectivity index (χ2v) is 8.89. The molecule has 3 amide bonds. The maximum absolute atomic E-state index is 13.0. The molecule has 166 valence electrons. The number of carbonyl (C=O) groups is 2. The largest absolute Gasteiger partial charge is 0.416 e. The van der Waals surface area contributed by atoms with Gasteiger partial charge in [0.15, 0.2) is 0 Å². The number of sulfone groups is 1. The van der Waals surface area contributed by atoms with Crippen molar-refractivity contribution in [1.29, 1.82) is 0 Å². The van der Waals surface area contributed by atoms with Gasteiger partial charge in [0, 0.05) is 0 Å². The van der Waals surface area contributed by atoms with Gasteiger partial charge in [-0.25, -0.2) is 13.2 Å². The fourth-order valence-electron chi connectivity index (χ4n) is 3.11. The number of imide groups is 1. The lowest BCUT2D eigenvalue weighted by Gasteiger charge is -2.23. The van der Waals surface area contributed by atoms with Gasteiger partial charge in [-0.05, 0) is 42.3 Å². The van der Waals surface area contributed by atoms with E-state index in [4.69, 9.17) is 0 Å². The Bertz CT molecular complexity index is 1130. The van der Waals surface area contributed by atoms with Gasteiger partial charge in [-0.1, -0.05) is 24.3 Å². The number of rotatable bonds is 5. The van der Waals surface area contributed by atoms with Crippen molar-refractivity contribution >= 4 is 21.8 Å². The van der Waals surface area contributed by atoms with Crippen molar-refractivity contribution in [3.8, 4) is 0 Å². The second kappa shape index (κ2) is 7.59. The minimum absolute atomic E-state index is 0.0680. The van der Waals surface area contributed by atoms with E-state index in [-0.39, 0.29) is 17.7 Å². The van der Waals surface area contributed by atoms with E-state index in [1.807, 2.05) is 0 Å². The van der Waals surface area contributed by atoms with Crippen LogP contribution in [-0.2, 0) is 32.9 Å². The molecule has 0 spiro atoms. The summed E-state index contributed by atoms with van der Waals surface area (Å²) in [5.41, 5.74) is -2.55. The molecule has 0 aliphatic carbocycles. The van der Waals surface area contributed by atoms with Crippen LogP contribution in [0.2, 0.25) is 0 Å². The van der Waals surface area contributed by atoms with E-state index in [2.05, 4.69) is 5.32 Å². The highest BCUT2D eigenvalue weighted by Gasteiger charge is 2.49. The van der Waals surface area contributed by atoms with Gasteiger partial charge in [0.1, 0.15) is 5.54 Å². The Morgan fingerprint density at radius 1 is 1.06 bits per heavy atom. The summed E-state index contributed by atoms with van der Waals surface area (Å²) < 4.78 is 87.2. The van der Waals surface area contributed by atoms with E-state index in [9.17, 15) is 40.0 Å². The number of hydrogen-bond donors (Lipinski definition) is 1. The zero-order valence-corrected chi connectivity index (χ0v) is 16.6. The second-order valence-electron chi connectivity index (χ2n) is 6.97. The Labute approximate surface area is 173 Å². The molecular formula is C19H15F5N2O4S. The van der Waals surface area contributed by atoms with Crippen molar-refractivity contribution < 1.29 is 40.0 Å². The number of halogens is 5. The standard InChI is InChI=1S/C19H15F5N2O4S/c1-18(12-3-2-4-13(9-12)19(22,23)24)15(27)26(17(28)25-18)10-11-5-7-14(8-6-11)31(29,30)16(20)21/h2-9,16H,10H2,1H3,(H,25,28). The maximum atomic E-state index is 13.0. The summed E-state index contributed by atoms with van der Waals surface area (Å²) in [7, 11) is -4.80. The van der Waals surface area contributed by atoms with Gasteiger partial charge >= 0.3 is 18.0 Å². The van der Waals surface area contributed by atoms with Crippen molar-refractivity contribution in [2.75, 3.05) is 0 Å². The van der Waals surface area contributed by atoms with Crippen LogP contribution in [0.1, 0.15) is 23.6 Å². The van der Waals surface area contributed by atoms with Crippen molar-refractivity contribution in [2.45, 2.75) is 35.8 Å². The predicted octanol–water partition coefficient (Wildman–Crippen LogP) is 3.67. The average Bonchev–Trinajstić information content (AvgIpc) is 2.92. The first-order chi connectivity index (χ1) is 14.3. The Kier molecular flexibility index (Phi) is 5.55. The van der Waals surface area contributed by atoms with E-state index in [0.29, 0.717) is 0 Å². The van der Waals surface area contributed by atoms with Gasteiger partial charge in [-0.15, -0.1) is 0 Å². The summed E-state index contributed by atoms with van der Waals surface area (Å²) in [5.74, 6) is -4.42. The molecule has 1 heterocycles. The fourth-order valence-corrected chi connectivity index (χ4v) is 3.83. The maximum Gasteiger partial charge on any atom is 0.416 e. The highest BCUT2D eigenvalue weighted by atomic mass is 32.2. The molecule has 0 saturated carbocycles. The summed E-state index contributed by atoms with van der Waals surface area (Å²) in [6.07, 6.45) is -4.64. The number of hydrogen-bond acceptors (Lipinski definition) is 4. The summed E-state index contributed by atoms with van der Waals surface area (Å²) in [4.78, 5) is 25.4. The van der Waals surface area contributed by atoms with E-state index in [0.717, 1.165) is 47.4 Å². The van der Waals surface area contributed by atoms with Crippen LogP contribution in [0.5, 0.6) is 0 Å². The molecule has 0 aromatic heterocycles. The SMILES string of the molecule is CC1(c2cccc(C(F)(F)F)c2)NC(=O)N(Cc2ccc(S(=O)(=O)C(F)F)cc2)C1=O. The van der Waals surface area contributed by atoms with Crippen LogP contribution < -0.4 is 5.32 Å². The molecular weight excluding hydrogens is 447 g/mol. The fraction of sp³-hybridized carbons (Fsp3) is 0.263. The van der Waals surface area contributed by atoms with Crippen molar-refractivity contribution in [2.24, 2.45) is 0 Å². The van der Waals surface area contributed by atoms with E-state index < -0.39 is 49.7 Å². The monoisotopic (exact) mass is 462 g/mol. The van der Waals surface area contributed by atoms with Crippen LogP contribution in [0.4, 0.5) is 26.7 Å². The molecule has 1 fully saturated rings. The van der Waals surface area contributed by atoms with Crippen LogP contribution in [0.3, 0.4) is 0 Å². The first kappa shape index (κ1) is 22.7. The highest BCUT2D eigenvalue weighted by Crippen LogP contribution is 2.35. The number of alkyl halides is 5. The third-order valence-electron chi connectivity index (χ3n) is 4.87. The van der Waals surface area contributed by atoms with Gasteiger partial charge < -0.3 is 5.32 Å². The predicted molar refractivity (Wildman–Crippen MR) is 97.5 cm³/mol. The third-order valence-corrected chi connectivity index (χ3v) is 6.27. The van der Waals surface area contributed by atoms with E-state index in [1.54, 1.807) is 0 Å². The van der Waals surface area contributed by atoms with Crippen LogP contribution in [0.25, 0.3) is 0 Å². The zero-order chi connectivity index (χ0) is 23.2. The van der Waals surface area contributed by atoms with Gasteiger partial charge in [0.2, 0.25) is 9.84 Å². The van der Waals surface area contributed by atoms with E-state index >= 15 is 0 Å². The number of nitrogens with one attached hydrogen (secondary N) is 1. The average molecular weight is 462 g/mol. The minimum Gasteiger partial charge on any atom is -0.319 e.